The van der Waals surface area contributed by atoms with Gasteiger partial charge in [-0.25, -0.2) is 10.5 Å². The summed E-state index contributed by atoms with van der Waals surface area (Å²) in [7, 11) is -3.90. The second-order valence-corrected chi connectivity index (χ2v) is 2.57. The minimum absolute atomic E-state index is 1.01. The predicted molar refractivity (Wildman–Crippen MR) is 43.8 cm³/mol. The molecule has 0 heterocycles. The van der Waals surface area contributed by atoms with Crippen LogP contribution in [0.15, 0.2) is 21.3 Å². The molecule has 0 bridgehead atoms. The van der Waals surface area contributed by atoms with Gasteiger partial charge in [0.15, 0.2) is 0 Å². The third-order valence-corrected chi connectivity index (χ3v) is 0.833. The van der Waals surface area contributed by atoms with E-state index in [1.165, 1.54) is 0 Å². The molecule has 3 N–H and O–H groups in total. The lowest BCUT2D eigenvalue weighted by Gasteiger charge is -1.74. The molecule has 0 aromatic heterocycles. The van der Waals surface area contributed by atoms with Gasteiger partial charge in [0.25, 0.3) is 0 Å². The molecule has 12 heavy (non-hydrogen) atoms. The molecule has 0 aromatic rings. The highest BCUT2D eigenvalue weighted by Gasteiger charge is 1.89. The smallest absolute Gasteiger partial charge is 0.250 e. The summed E-state index contributed by atoms with van der Waals surface area (Å²) < 4.78 is 23.0. The maximum absolute atomic E-state index is 10.1. The zero-order valence-electron chi connectivity index (χ0n) is 5.77. The lowest BCUT2D eigenvalue weighted by molar-refractivity contribution is 0.600. The molecular formula is C5H4N4O2S. The molecule has 0 aliphatic carbocycles. The molecule has 0 rings (SSSR count). The van der Waals surface area contributed by atoms with Crippen LogP contribution in [0.5, 0.6) is 0 Å². The van der Waals surface area contributed by atoms with E-state index in [0.717, 1.165) is 6.20 Å². The van der Waals surface area contributed by atoms with E-state index in [4.69, 9.17) is 5.41 Å². The molecule has 0 saturated heterocycles. The maximum atomic E-state index is 10.1. The Bertz CT molecular complexity index is 424. The fourth-order valence-corrected chi connectivity index (χ4v) is 0.396. The van der Waals surface area contributed by atoms with Crippen molar-refractivity contribution in [3.05, 3.63) is 11.9 Å². The molecule has 7 heteroatoms. The predicted octanol–water partition coefficient (Wildman–Crippen LogP) is -0.997. The maximum Gasteiger partial charge on any atom is 0.325 e. The van der Waals surface area contributed by atoms with Crippen LogP contribution in [0.1, 0.15) is 0 Å². The van der Waals surface area contributed by atoms with Gasteiger partial charge < -0.3 is 0 Å². The van der Waals surface area contributed by atoms with Crippen LogP contribution in [-0.2, 0) is 10.2 Å². The minimum Gasteiger partial charge on any atom is -0.250 e. The Morgan fingerprint density at radius 3 is 2.58 bits per heavy atom. The molecule has 0 saturated carbocycles. The molecule has 0 aliphatic rings. The van der Waals surface area contributed by atoms with Crippen molar-refractivity contribution in [1.29, 1.82) is 5.41 Å². The second kappa shape index (κ2) is 5.02. The van der Waals surface area contributed by atoms with Crippen molar-refractivity contribution in [2.45, 2.75) is 0 Å². The lowest BCUT2D eigenvalue weighted by Crippen LogP contribution is -2.06. The summed E-state index contributed by atoms with van der Waals surface area (Å²) in [6, 6.07) is 0. The van der Waals surface area contributed by atoms with E-state index >= 15 is 0 Å². The highest BCUT2D eigenvalue weighted by Crippen LogP contribution is 1.71. The molecule has 0 fully saturated rings. The molecular weight excluding hydrogens is 180 g/mol. The van der Waals surface area contributed by atoms with E-state index in [0.29, 0.717) is 0 Å². The van der Waals surface area contributed by atoms with Crippen LogP contribution in [0.25, 0.3) is 0 Å². The Kier molecular flexibility index (Phi) is 4.31. The van der Waals surface area contributed by atoms with Crippen molar-refractivity contribution in [2.75, 3.05) is 0 Å². The quantitative estimate of drug-likeness (QED) is 0.424. The Balaban J connectivity index is 4.67. The van der Waals surface area contributed by atoms with E-state index in [9.17, 15) is 8.42 Å². The second-order valence-electron chi connectivity index (χ2n) is 1.36. The fraction of sp³-hybridized carbons (Fsp3) is 0. The molecule has 0 amide bonds. The molecule has 0 aliphatic heterocycles. The fourth-order valence-electron chi connectivity index (χ4n) is 0.216. The molecule has 0 radical (unpaired) electrons. The van der Waals surface area contributed by atoms with Crippen LogP contribution in [0.2, 0.25) is 0 Å². The van der Waals surface area contributed by atoms with Crippen LogP contribution in [0.4, 0.5) is 0 Å². The third kappa shape index (κ3) is 8.30. The monoisotopic (exact) mass is 184 g/mol. The first kappa shape index (κ1) is 10.3. The van der Waals surface area contributed by atoms with Crippen LogP contribution in [-0.4, -0.2) is 26.0 Å². The first-order chi connectivity index (χ1) is 5.56. The van der Waals surface area contributed by atoms with Crippen LogP contribution in [0, 0.1) is 5.41 Å². The van der Waals surface area contributed by atoms with Crippen molar-refractivity contribution in [1.82, 2.24) is 0 Å². The molecule has 62 valence electrons. The highest BCUT2D eigenvalue weighted by molar-refractivity contribution is 7.87. The average molecular weight is 184 g/mol. The highest BCUT2D eigenvalue weighted by atomic mass is 32.2. The van der Waals surface area contributed by atoms with Gasteiger partial charge in [0, 0.05) is 0 Å². The summed E-state index contributed by atoms with van der Waals surface area (Å²) in [5.41, 5.74) is 2.12. The number of nitrogens with two attached hydrogens (primary N) is 1. The molecule has 0 spiro atoms. The van der Waals surface area contributed by atoms with Crippen molar-refractivity contribution >= 4 is 27.8 Å². The summed E-state index contributed by atoms with van der Waals surface area (Å²) >= 11 is 0. The average Bonchev–Trinajstić information content (AvgIpc) is 1.94. The van der Waals surface area contributed by atoms with Crippen LogP contribution < -0.4 is 5.14 Å². The first-order valence-corrected chi connectivity index (χ1v) is 4.00. The van der Waals surface area contributed by atoms with E-state index in [-0.39, 0.29) is 0 Å². The van der Waals surface area contributed by atoms with Gasteiger partial charge in [-0.05, 0) is 5.73 Å². The summed E-state index contributed by atoms with van der Waals surface area (Å²) in [6.07, 6.45) is 1.01. The third-order valence-electron chi connectivity index (χ3n) is 0.487. The number of hydrogen-bond donors (Lipinski definition) is 2. The summed E-state index contributed by atoms with van der Waals surface area (Å²) in [6.45, 7) is 0. The van der Waals surface area contributed by atoms with Crippen LogP contribution >= 0.6 is 0 Å². The Labute approximate surface area is 68.8 Å². The number of hydrogen-bond acceptors (Lipinski definition) is 4. The van der Waals surface area contributed by atoms with E-state index in [1.807, 2.05) is 11.7 Å². The number of rotatable bonds is 2. The Morgan fingerprint density at radius 1 is 1.42 bits per heavy atom. The molecule has 0 atom stereocenters. The van der Waals surface area contributed by atoms with Gasteiger partial charge in [-0.1, -0.05) is 4.40 Å². The largest absolute Gasteiger partial charge is 0.325 e. The SMILES string of the molecule is N=C=C=NC=C=C=NS(N)(=O)=O. The zero-order chi connectivity index (χ0) is 9.45. The van der Waals surface area contributed by atoms with Crippen molar-refractivity contribution < 1.29 is 8.42 Å². The van der Waals surface area contributed by atoms with E-state index in [2.05, 4.69) is 20.3 Å². The zero-order valence-corrected chi connectivity index (χ0v) is 6.59. The van der Waals surface area contributed by atoms with Gasteiger partial charge in [0.05, 0.1) is 23.8 Å². The number of nitrogens with zero attached hydrogens (tertiary/aromatic N) is 2. The van der Waals surface area contributed by atoms with Gasteiger partial charge in [0.2, 0.25) is 0 Å². The minimum atomic E-state index is -3.90. The Morgan fingerprint density at radius 2 is 2.08 bits per heavy atom. The standard InChI is InChI=1S/C5H4N4O2S/c6-2-5-8-3-1-4-9-12(7,10)11/h3,6H,(H2,7,10,11). The Hall–Kier alpha value is -1.70. The lowest BCUT2D eigenvalue weighted by atomic mass is 10.8. The normalized spacial score (nSPS) is 8.08. The van der Waals surface area contributed by atoms with Crippen LogP contribution in [0.3, 0.4) is 0 Å². The number of aliphatic imine (C=N–C) groups is 1. The number of nitrogens with one attached hydrogen (secondary N) is 1. The van der Waals surface area contributed by atoms with Gasteiger partial charge >= 0.3 is 10.2 Å². The van der Waals surface area contributed by atoms with Crippen molar-refractivity contribution in [3.8, 4) is 0 Å². The van der Waals surface area contributed by atoms with Crippen molar-refractivity contribution in [2.24, 2.45) is 14.5 Å². The van der Waals surface area contributed by atoms with Gasteiger partial charge in [-0.2, -0.15) is 13.4 Å². The van der Waals surface area contributed by atoms with E-state index < -0.39 is 10.2 Å². The summed E-state index contributed by atoms with van der Waals surface area (Å²) in [4.78, 5) is 3.27. The topological polar surface area (TPSA) is 109 Å². The molecule has 0 unspecified atom stereocenters. The molecule has 6 nitrogen and oxygen atoms in total. The van der Waals surface area contributed by atoms with Gasteiger partial charge in [-0.15, -0.1) is 0 Å². The van der Waals surface area contributed by atoms with Crippen molar-refractivity contribution in [3.63, 3.8) is 0 Å². The van der Waals surface area contributed by atoms with Gasteiger partial charge in [0.1, 0.15) is 0 Å². The first-order valence-electron chi connectivity index (χ1n) is 2.50. The van der Waals surface area contributed by atoms with Gasteiger partial charge in [-0.3, -0.25) is 0 Å². The van der Waals surface area contributed by atoms with E-state index in [1.54, 1.807) is 5.87 Å². The molecule has 0 aromatic carbocycles. The summed E-state index contributed by atoms with van der Waals surface area (Å²) in [5, 5.41) is 10.8. The summed E-state index contributed by atoms with van der Waals surface area (Å²) in [5.74, 6) is 5.61.